The summed E-state index contributed by atoms with van der Waals surface area (Å²) < 4.78 is 0. The van der Waals surface area contributed by atoms with Crippen molar-refractivity contribution in [2.45, 2.75) is 6.92 Å². The number of piperazine rings is 1. The number of hydrogen-bond donors (Lipinski definition) is 1. The SMILES string of the molecule is CC(CN1CCN(c2cccc(-c3nc(Cl)nc4ccc(Cl)cc34)c2)CC1)C(=O)O. The maximum Gasteiger partial charge on any atom is 0.307 e. The molecule has 0 aliphatic carbocycles. The van der Waals surface area contributed by atoms with Gasteiger partial charge in [-0.2, -0.15) is 0 Å². The van der Waals surface area contributed by atoms with Gasteiger partial charge in [-0.3, -0.25) is 9.69 Å². The van der Waals surface area contributed by atoms with Crippen LogP contribution in [0.4, 0.5) is 5.69 Å². The number of halogens is 2. The van der Waals surface area contributed by atoms with Crippen molar-refractivity contribution in [2.75, 3.05) is 37.6 Å². The van der Waals surface area contributed by atoms with E-state index in [1.54, 1.807) is 13.0 Å². The van der Waals surface area contributed by atoms with E-state index in [1.807, 2.05) is 24.3 Å². The van der Waals surface area contributed by atoms with Crippen LogP contribution >= 0.6 is 23.2 Å². The first-order valence-corrected chi connectivity index (χ1v) is 10.6. The van der Waals surface area contributed by atoms with Crippen LogP contribution in [-0.4, -0.2) is 58.7 Å². The van der Waals surface area contributed by atoms with Crippen LogP contribution < -0.4 is 4.90 Å². The van der Waals surface area contributed by atoms with E-state index in [9.17, 15) is 4.79 Å². The first kappa shape index (κ1) is 20.8. The Morgan fingerprint density at radius 2 is 1.87 bits per heavy atom. The van der Waals surface area contributed by atoms with Crippen molar-refractivity contribution in [3.63, 3.8) is 0 Å². The van der Waals surface area contributed by atoms with Crippen LogP contribution in [0.5, 0.6) is 0 Å². The standard InChI is InChI=1S/C22H22Cl2N4O2/c1-14(21(29)30)13-27-7-9-28(10-8-27)17-4-2-3-15(11-17)20-18-12-16(23)5-6-19(18)25-22(24)26-20/h2-6,11-12,14H,7-10,13H2,1H3,(H,29,30). The maximum atomic E-state index is 11.1. The summed E-state index contributed by atoms with van der Waals surface area (Å²) in [6.45, 7) is 5.68. The lowest BCUT2D eigenvalue weighted by Gasteiger charge is -2.36. The second-order valence-electron chi connectivity index (χ2n) is 7.58. The van der Waals surface area contributed by atoms with Gasteiger partial charge in [0.25, 0.3) is 0 Å². The van der Waals surface area contributed by atoms with Gasteiger partial charge < -0.3 is 10.0 Å². The molecule has 0 spiro atoms. The Labute approximate surface area is 185 Å². The molecule has 1 fully saturated rings. The molecule has 2 heterocycles. The maximum absolute atomic E-state index is 11.1. The summed E-state index contributed by atoms with van der Waals surface area (Å²) in [5, 5.41) is 10.8. The molecule has 4 rings (SSSR count). The molecule has 1 unspecified atom stereocenters. The summed E-state index contributed by atoms with van der Waals surface area (Å²) in [4.78, 5) is 24.4. The Balaban J connectivity index is 1.57. The fourth-order valence-corrected chi connectivity index (χ4v) is 4.14. The summed E-state index contributed by atoms with van der Waals surface area (Å²) >= 11 is 12.4. The molecule has 0 saturated carbocycles. The third kappa shape index (κ3) is 4.51. The molecule has 1 aliphatic rings. The third-order valence-electron chi connectivity index (χ3n) is 5.44. The predicted octanol–water partition coefficient (Wildman–Crippen LogP) is 4.45. The van der Waals surface area contributed by atoms with Crippen molar-refractivity contribution >= 4 is 45.8 Å². The quantitative estimate of drug-likeness (QED) is 0.586. The summed E-state index contributed by atoms with van der Waals surface area (Å²) in [7, 11) is 0. The van der Waals surface area contributed by atoms with E-state index < -0.39 is 5.97 Å². The highest BCUT2D eigenvalue weighted by atomic mass is 35.5. The molecule has 1 aromatic heterocycles. The normalized spacial score (nSPS) is 16.0. The van der Waals surface area contributed by atoms with Gasteiger partial charge in [0.05, 0.1) is 17.1 Å². The summed E-state index contributed by atoms with van der Waals surface area (Å²) in [5.41, 5.74) is 3.55. The lowest BCUT2D eigenvalue weighted by molar-refractivity contribution is -0.141. The van der Waals surface area contributed by atoms with Gasteiger partial charge in [-0.25, -0.2) is 9.97 Å². The number of carboxylic acid groups (broad SMARTS) is 1. The molecule has 6 nitrogen and oxygen atoms in total. The van der Waals surface area contributed by atoms with Crippen molar-refractivity contribution < 1.29 is 9.90 Å². The number of anilines is 1. The van der Waals surface area contributed by atoms with E-state index in [4.69, 9.17) is 28.3 Å². The fraction of sp³-hybridized carbons (Fsp3) is 0.318. The molecule has 0 bridgehead atoms. The Morgan fingerprint density at radius 3 is 2.60 bits per heavy atom. The van der Waals surface area contributed by atoms with Crippen LogP contribution in [0.2, 0.25) is 10.3 Å². The number of aromatic nitrogens is 2. The van der Waals surface area contributed by atoms with Crippen LogP contribution in [0.25, 0.3) is 22.2 Å². The number of aliphatic carboxylic acids is 1. The number of benzene rings is 2. The van der Waals surface area contributed by atoms with Crippen LogP contribution in [0.1, 0.15) is 6.92 Å². The smallest absolute Gasteiger partial charge is 0.307 e. The zero-order valence-corrected chi connectivity index (χ0v) is 18.1. The van der Waals surface area contributed by atoms with Crippen LogP contribution in [-0.2, 0) is 4.79 Å². The van der Waals surface area contributed by atoms with Gasteiger partial charge in [0.1, 0.15) is 0 Å². The van der Waals surface area contributed by atoms with E-state index in [0.717, 1.165) is 54.0 Å². The highest BCUT2D eigenvalue weighted by Gasteiger charge is 2.22. The molecule has 1 N–H and O–H groups in total. The average molecular weight is 445 g/mol. The molecular weight excluding hydrogens is 423 g/mol. The topological polar surface area (TPSA) is 69.6 Å². The minimum atomic E-state index is -0.749. The number of fused-ring (bicyclic) bond motifs is 1. The number of carbonyl (C=O) groups is 1. The number of rotatable bonds is 5. The molecular formula is C22H22Cl2N4O2. The van der Waals surface area contributed by atoms with Gasteiger partial charge in [0, 0.05) is 54.4 Å². The first-order chi connectivity index (χ1) is 14.4. The third-order valence-corrected chi connectivity index (χ3v) is 5.85. The van der Waals surface area contributed by atoms with Crippen molar-refractivity contribution in [1.82, 2.24) is 14.9 Å². The van der Waals surface area contributed by atoms with Gasteiger partial charge in [0.15, 0.2) is 0 Å². The Kier molecular flexibility index (Phi) is 6.09. The van der Waals surface area contributed by atoms with Gasteiger partial charge in [-0.15, -0.1) is 0 Å². The number of hydrogen-bond acceptors (Lipinski definition) is 5. The molecule has 8 heteroatoms. The monoisotopic (exact) mass is 444 g/mol. The van der Waals surface area contributed by atoms with Crippen LogP contribution in [0.3, 0.4) is 0 Å². The van der Waals surface area contributed by atoms with Crippen molar-refractivity contribution in [3.05, 3.63) is 52.8 Å². The fourth-order valence-electron chi connectivity index (χ4n) is 3.80. The van der Waals surface area contributed by atoms with E-state index in [1.165, 1.54) is 0 Å². The van der Waals surface area contributed by atoms with Crippen LogP contribution in [0.15, 0.2) is 42.5 Å². The Morgan fingerprint density at radius 1 is 1.10 bits per heavy atom. The molecule has 1 saturated heterocycles. The molecule has 0 radical (unpaired) electrons. The average Bonchev–Trinajstić information content (AvgIpc) is 2.74. The minimum absolute atomic E-state index is 0.200. The molecule has 0 amide bonds. The zero-order chi connectivity index (χ0) is 21.3. The van der Waals surface area contributed by atoms with Gasteiger partial charge in [-0.1, -0.05) is 30.7 Å². The van der Waals surface area contributed by atoms with E-state index in [2.05, 4.69) is 31.9 Å². The molecule has 1 atom stereocenters. The number of nitrogens with zero attached hydrogens (tertiary/aromatic N) is 4. The van der Waals surface area contributed by atoms with E-state index in [-0.39, 0.29) is 11.2 Å². The first-order valence-electron chi connectivity index (χ1n) is 9.84. The lowest BCUT2D eigenvalue weighted by atomic mass is 10.1. The van der Waals surface area contributed by atoms with E-state index in [0.29, 0.717) is 11.6 Å². The summed E-state index contributed by atoms with van der Waals surface area (Å²) in [6.07, 6.45) is 0. The zero-order valence-electron chi connectivity index (χ0n) is 16.6. The van der Waals surface area contributed by atoms with Crippen molar-refractivity contribution in [2.24, 2.45) is 5.92 Å². The highest BCUT2D eigenvalue weighted by molar-refractivity contribution is 6.31. The Hall–Kier alpha value is -2.41. The number of carboxylic acids is 1. The lowest BCUT2D eigenvalue weighted by Crippen LogP contribution is -2.48. The minimum Gasteiger partial charge on any atom is -0.481 e. The highest BCUT2D eigenvalue weighted by Crippen LogP contribution is 2.31. The van der Waals surface area contributed by atoms with E-state index >= 15 is 0 Å². The molecule has 3 aromatic rings. The van der Waals surface area contributed by atoms with Gasteiger partial charge in [-0.05, 0) is 41.9 Å². The molecule has 1 aliphatic heterocycles. The summed E-state index contributed by atoms with van der Waals surface area (Å²) in [5.74, 6) is -1.11. The molecule has 156 valence electrons. The largest absolute Gasteiger partial charge is 0.481 e. The Bertz CT molecular complexity index is 1080. The predicted molar refractivity (Wildman–Crippen MR) is 120 cm³/mol. The van der Waals surface area contributed by atoms with Crippen molar-refractivity contribution in [1.29, 1.82) is 0 Å². The second kappa shape index (κ2) is 8.76. The molecule has 2 aromatic carbocycles. The second-order valence-corrected chi connectivity index (χ2v) is 8.35. The molecule has 30 heavy (non-hydrogen) atoms. The van der Waals surface area contributed by atoms with Gasteiger partial charge >= 0.3 is 5.97 Å². The summed E-state index contributed by atoms with van der Waals surface area (Å²) in [6, 6.07) is 13.7. The van der Waals surface area contributed by atoms with Gasteiger partial charge in [0.2, 0.25) is 5.28 Å². The van der Waals surface area contributed by atoms with Crippen LogP contribution in [0, 0.1) is 5.92 Å². The van der Waals surface area contributed by atoms with Crippen molar-refractivity contribution in [3.8, 4) is 11.3 Å².